The van der Waals surface area contributed by atoms with Crippen molar-refractivity contribution in [3.63, 3.8) is 0 Å². The molecule has 2 aromatic carbocycles. The van der Waals surface area contributed by atoms with Crippen LogP contribution in [0.2, 0.25) is 0 Å². The summed E-state index contributed by atoms with van der Waals surface area (Å²) in [5, 5.41) is 5.58. The van der Waals surface area contributed by atoms with E-state index in [9.17, 15) is 18.0 Å². The summed E-state index contributed by atoms with van der Waals surface area (Å²) in [5.41, 5.74) is 1.98. The second-order valence-corrected chi connectivity index (χ2v) is 10.4. The summed E-state index contributed by atoms with van der Waals surface area (Å²) < 4.78 is 32.9. The van der Waals surface area contributed by atoms with Crippen LogP contribution in [-0.4, -0.2) is 43.7 Å². The van der Waals surface area contributed by atoms with Crippen LogP contribution in [0.25, 0.3) is 0 Å². The Labute approximate surface area is 194 Å². The van der Waals surface area contributed by atoms with Gasteiger partial charge in [0, 0.05) is 25.2 Å². The zero-order valence-corrected chi connectivity index (χ0v) is 19.5. The first-order valence-corrected chi connectivity index (χ1v) is 12.8. The number of ether oxygens (including phenoxy) is 1. The molecule has 0 unspecified atom stereocenters. The van der Waals surface area contributed by atoms with Crippen LogP contribution in [0.1, 0.15) is 44.6 Å². The molecule has 176 valence electrons. The number of amides is 2. The van der Waals surface area contributed by atoms with Gasteiger partial charge in [-0.1, -0.05) is 25.0 Å². The van der Waals surface area contributed by atoms with Crippen LogP contribution in [-0.2, 0) is 26.0 Å². The number of benzene rings is 2. The molecular formula is C24H29N3O5S. The monoisotopic (exact) mass is 471 g/mol. The molecule has 2 N–H and O–H groups in total. The quantitative estimate of drug-likeness (QED) is 0.671. The molecule has 9 heteroatoms. The number of aryl methyl sites for hydroxylation is 1. The minimum atomic E-state index is -3.48. The molecule has 0 radical (unpaired) electrons. The van der Waals surface area contributed by atoms with Gasteiger partial charge in [0.15, 0.2) is 6.10 Å². The van der Waals surface area contributed by atoms with E-state index < -0.39 is 16.1 Å². The second-order valence-electron chi connectivity index (χ2n) is 8.47. The molecule has 2 aliphatic heterocycles. The molecule has 0 bridgehead atoms. The van der Waals surface area contributed by atoms with E-state index in [-0.39, 0.29) is 18.2 Å². The van der Waals surface area contributed by atoms with Gasteiger partial charge in [0.05, 0.1) is 10.6 Å². The lowest BCUT2D eigenvalue weighted by Crippen LogP contribution is -2.34. The number of carbonyl (C=O) groups is 2. The van der Waals surface area contributed by atoms with Gasteiger partial charge in [-0.05, 0) is 62.1 Å². The van der Waals surface area contributed by atoms with E-state index in [0.29, 0.717) is 41.5 Å². The van der Waals surface area contributed by atoms with Crippen molar-refractivity contribution in [2.75, 3.05) is 23.7 Å². The number of hydrogen-bond donors (Lipinski definition) is 2. The van der Waals surface area contributed by atoms with Crippen LogP contribution >= 0.6 is 0 Å². The van der Waals surface area contributed by atoms with E-state index in [0.717, 1.165) is 31.2 Å². The highest BCUT2D eigenvalue weighted by molar-refractivity contribution is 7.89. The number of nitrogens with zero attached hydrogens (tertiary/aromatic N) is 1. The Bertz CT molecular complexity index is 1120. The second kappa shape index (κ2) is 9.93. The number of nitrogens with one attached hydrogen (secondary N) is 2. The van der Waals surface area contributed by atoms with Crippen LogP contribution in [0, 0.1) is 0 Å². The van der Waals surface area contributed by atoms with E-state index in [1.807, 2.05) is 0 Å². The zero-order chi connectivity index (χ0) is 23.4. The highest BCUT2D eigenvalue weighted by Gasteiger charge is 2.25. The highest BCUT2D eigenvalue weighted by atomic mass is 32.2. The molecule has 2 aliphatic rings. The van der Waals surface area contributed by atoms with Crippen molar-refractivity contribution >= 4 is 33.2 Å². The summed E-state index contributed by atoms with van der Waals surface area (Å²) >= 11 is 0. The van der Waals surface area contributed by atoms with Gasteiger partial charge in [-0.3, -0.25) is 9.59 Å². The molecule has 1 saturated heterocycles. The third-order valence-corrected chi connectivity index (χ3v) is 7.87. The maximum Gasteiger partial charge on any atom is 0.265 e. The van der Waals surface area contributed by atoms with Gasteiger partial charge in [0.2, 0.25) is 15.9 Å². The molecule has 33 heavy (non-hydrogen) atoms. The Hall–Kier alpha value is -2.91. The third-order valence-electron chi connectivity index (χ3n) is 5.96. The van der Waals surface area contributed by atoms with E-state index in [1.54, 1.807) is 53.7 Å². The number of sulfonamides is 1. The van der Waals surface area contributed by atoms with Crippen molar-refractivity contribution in [1.82, 2.24) is 4.31 Å². The summed E-state index contributed by atoms with van der Waals surface area (Å²) in [5.74, 6) is 0.162. The van der Waals surface area contributed by atoms with E-state index in [2.05, 4.69) is 10.6 Å². The van der Waals surface area contributed by atoms with Crippen LogP contribution in [0.15, 0.2) is 47.4 Å². The third kappa shape index (κ3) is 5.54. The largest absolute Gasteiger partial charge is 0.479 e. The SMILES string of the molecule is C[C@H]1Oc2ccc(NC(=O)CCc3ccc(S(=O)(=O)N4CCCCCC4)cc3)cc2NC1=O. The van der Waals surface area contributed by atoms with Gasteiger partial charge in [-0.2, -0.15) is 4.31 Å². The Morgan fingerprint density at radius 3 is 2.48 bits per heavy atom. The Kier molecular flexibility index (Phi) is 6.99. The lowest BCUT2D eigenvalue weighted by molar-refractivity contribution is -0.122. The molecule has 0 aromatic heterocycles. The number of carbonyl (C=O) groups excluding carboxylic acids is 2. The molecule has 2 amide bonds. The molecule has 1 atom stereocenters. The molecule has 0 spiro atoms. The number of anilines is 2. The van der Waals surface area contributed by atoms with Gasteiger partial charge >= 0.3 is 0 Å². The number of hydrogen-bond acceptors (Lipinski definition) is 5. The summed E-state index contributed by atoms with van der Waals surface area (Å²) in [4.78, 5) is 24.5. The van der Waals surface area contributed by atoms with Crippen LogP contribution in [0.5, 0.6) is 5.75 Å². The molecule has 1 fully saturated rings. The van der Waals surface area contributed by atoms with Crippen molar-refractivity contribution in [3.8, 4) is 5.75 Å². The summed E-state index contributed by atoms with van der Waals surface area (Å²) in [6, 6.07) is 11.9. The van der Waals surface area contributed by atoms with Gasteiger partial charge < -0.3 is 15.4 Å². The molecule has 2 aromatic rings. The Balaban J connectivity index is 1.33. The van der Waals surface area contributed by atoms with Gasteiger partial charge in [0.1, 0.15) is 5.75 Å². The van der Waals surface area contributed by atoms with Crippen molar-refractivity contribution in [2.24, 2.45) is 0 Å². The lowest BCUT2D eigenvalue weighted by atomic mass is 10.1. The summed E-state index contributed by atoms with van der Waals surface area (Å²) in [6.45, 7) is 2.81. The lowest BCUT2D eigenvalue weighted by Gasteiger charge is -2.23. The maximum absolute atomic E-state index is 12.9. The average Bonchev–Trinajstić information content (AvgIpc) is 3.09. The molecule has 4 rings (SSSR count). The Morgan fingerprint density at radius 1 is 1.09 bits per heavy atom. The minimum absolute atomic E-state index is 0.173. The summed E-state index contributed by atoms with van der Waals surface area (Å²) in [6.07, 6.45) is 4.11. The van der Waals surface area contributed by atoms with E-state index >= 15 is 0 Å². The predicted molar refractivity (Wildman–Crippen MR) is 126 cm³/mol. The molecule has 0 saturated carbocycles. The topological polar surface area (TPSA) is 105 Å². The van der Waals surface area contributed by atoms with Crippen molar-refractivity contribution < 1.29 is 22.7 Å². The normalized spacial score (nSPS) is 19.1. The molecular weight excluding hydrogens is 442 g/mol. The van der Waals surface area contributed by atoms with Crippen LogP contribution < -0.4 is 15.4 Å². The Morgan fingerprint density at radius 2 is 1.79 bits per heavy atom. The fourth-order valence-electron chi connectivity index (χ4n) is 4.03. The standard InChI is InChI=1S/C24H29N3O5S/c1-17-24(29)26-21-16-19(9-12-22(21)32-17)25-23(28)13-8-18-6-10-20(11-7-18)33(30,31)27-14-4-2-3-5-15-27/h6-7,9-12,16-17H,2-5,8,13-15H2,1H3,(H,25,28)(H,26,29)/t17-/m1/s1. The smallest absolute Gasteiger partial charge is 0.265 e. The minimum Gasteiger partial charge on any atom is -0.479 e. The average molecular weight is 472 g/mol. The van der Waals surface area contributed by atoms with Crippen molar-refractivity contribution in [3.05, 3.63) is 48.0 Å². The first-order valence-electron chi connectivity index (χ1n) is 11.3. The zero-order valence-electron chi connectivity index (χ0n) is 18.7. The first kappa shape index (κ1) is 23.3. The molecule has 8 nitrogen and oxygen atoms in total. The van der Waals surface area contributed by atoms with Gasteiger partial charge in [0.25, 0.3) is 5.91 Å². The van der Waals surface area contributed by atoms with Crippen molar-refractivity contribution in [2.45, 2.75) is 56.4 Å². The van der Waals surface area contributed by atoms with E-state index in [1.165, 1.54) is 0 Å². The van der Waals surface area contributed by atoms with E-state index in [4.69, 9.17) is 4.74 Å². The van der Waals surface area contributed by atoms with Gasteiger partial charge in [-0.15, -0.1) is 0 Å². The van der Waals surface area contributed by atoms with Crippen LogP contribution in [0.3, 0.4) is 0 Å². The summed E-state index contributed by atoms with van der Waals surface area (Å²) in [7, 11) is -3.48. The number of rotatable bonds is 6. The fraction of sp³-hybridized carbons (Fsp3) is 0.417. The number of fused-ring (bicyclic) bond motifs is 1. The fourth-order valence-corrected chi connectivity index (χ4v) is 5.54. The molecule has 0 aliphatic carbocycles. The van der Waals surface area contributed by atoms with Crippen molar-refractivity contribution in [1.29, 1.82) is 0 Å². The predicted octanol–water partition coefficient (Wildman–Crippen LogP) is 3.54. The maximum atomic E-state index is 12.9. The van der Waals surface area contributed by atoms with Gasteiger partial charge in [-0.25, -0.2) is 8.42 Å². The molecule has 2 heterocycles. The van der Waals surface area contributed by atoms with Crippen LogP contribution in [0.4, 0.5) is 11.4 Å². The first-order chi connectivity index (χ1) is 15.8. The highest BCUT2D eigenvalue weighted by Crippen LogP contribution is 2.32.